The van der Waals surface area contributed by atoms with Crippen molar-refractivity contribution in [2.75, 3.05) is 6.54 Å². The molecule has 1 aromatic carbocycles. The lowest BCUT2D eigenvalue weighted by molar-refractivity contribution is -0.385. The fourth-order valence-electron chi connectivity index (χ4n) is 2.38. The fourth-order valence-corrected chi connectivity index (χ4v) is 2.76. The monoisotopic (exact) mass is 300 g/mol. The van der Waals surface area contributed by atoms with Crippen LogP contribution in [-0.4, -0.2) is 22.8 Å². The number of nitro groups is 1. The first-order valence-corrected chi connectivity index (χ1v) is 6.77. The Balaban J connectivity index is 2.03. The van der Waals surface area contributed by atoms with Gasteiger partial charge in [-0.3, -0.25) is 14.9 Å². The summed E-state index contributed by atoms with van der Waals surface area (Å²) in [6.07, 6.45) is 2.67. The zero-order valence-electron chi connectivity index (χ0n) is 10.6. The molecule has 1 saturated carbocycles. The average Bonchev–Trinajstić information content (AvgIpc) is 2.81. The summed E-state index contributed by atoms with van der Waals surface area (Å²) in [5, 5.41) is 13.6. The highest BCUT2D eigenvalue weighted by Crippen LogP contribution is 2.29. The summed E-state index contributed by atoms with van der Waals surface area (Å²) in [6.45, 7) is 0.427. The summed E-state index contributed by atoms with van der Waals surface area (Å²) in [5.41, 5.74) is -0.652. The Labute approximate surface area is 120 Å². The van der Waals surface area contributed by atoms with E-state index >= 15 is 0 Å². The van der Waals surface area contributed by atoms with Crippen molar-refractivity contribution in [2.24, 2.45) is 5.92 Å². The number of nitro benzene ring substituents is 1. The fraction of sp³-hybridized carbons (Fsp3) is 0.462. The normalized spacial score (nSPS) is 21.7. The third-order valence-electron chi connectivity index (χ3n) is 3.43. The van der Waals surface area contributed by atoms with Gasteiger partial charge in [0.2, 0.25) is 0 Å². The number of halogens is 2. The summed E-state index contributed by atoms with van der Waals surface area (Å²) < 4.78 is 13.0. The second-order valence-electron chi connectivity index (χ2n) is 4.90. The highest BCUT2D eigenvalue weighted by molar-refractivity contribution is 6.20. The topological polar surface area (TPSA) is 72.2 Å². The van der Waals surface area contributed by atoms with E-state index in [-0.39, 0.29) is 10.9 Å². The van der Waals surface area contributed by atoms with Gasteiger partial charge in [0.1, 0.15) is 11.4 Å². The smallest absolute Gasteiger partial charge is 0.285 e. The van der Waals surface area contributed by atoms with Crippen LogP contribution in [0.25, 0.3) is 0 Å². The number of carbonyl (C=O) groups excluding carboxylic acids is 1. The van der Waals surface area contributed by atoms with Crippen LogP contribution in [0.4, 0.5) is 10.1 Å². The lowest BCUT2D eigenvalue weighted by Gasteiger charge is -2.11. The van der Waals surface area contributed by atoms with Crippen molar-refractivity contribution in [1.29, 1.82) is 0 Å². The molecule has 1 aliphatic carbocycles. The molecular formula is C13H14ClFN2O3. The van der Waals surface area contributed by atoms with E-state index in [2.05, 4.69) is 5.32 Å². The van der Waals surface area contributed by atoms with Gasteiger partial charge in [0.25, 0.3) is 11.6 Å². The summed E-state index contributed by atoms with van der Waals surface area (Å²) in [6, 6.07) is 2.91. The van der Waals surface area contributed by atoms with E-state index in [1.807, 2.05) is 0 Å². The molecule has 0 aliphatic heterocycles. The van der Waals surface area contributed by atoms with E-state index in [9.17, 15) is 19.3 Å². The third kappa shape index (κ3) is 3.45. The number of nitrogens with zero attached hydrogens (tertiary/aromatic N) is 1. The largest absolute Gasteiger partial charge is 0.352 e. The summed E-state index contributed by atoms with van der Waals surface area (Å²) in [5.74, 6) is -1.01. The van der Waals surface area contributed by atoms with E-state index < -0.39 is 22.3 Å². The Morgan fingerprint density at radius 2 is 2.25 bits per heavy atom. The first-order chi connectivity index (χ1) is 9.47. The molecule has 2 atom stereocenters. The maximum atomic E-state index is 13.0. The van der Waals surface area contributed by atoms with Gasteiger partial charge in [0.15, 0.2) is 0 Å². The minimum absolute atomic E-state index is 0.128. The minimum atomic E-state index is -0.762. The summed E-state index contributed by atoms with van der Waals surface area (Å²) in [7, 11) is 0. The van der Waals surface area contributed by atoms with Gasteiger partial charge in [-0.1, -0.05) is 0 Å². The van der Waals surface area contributed by atoms with Gasteiger partial charge in [-0.25, -0.2) is 4.39 Å². The molecular weight excluding hydrogens is 287 g/mol. The van der Waals surface area contributed by atoms with Gasteiger partial charge in [-0.2, -0.15) is 0 Å². The molecule has 0 heterocycles. The third-order valence-corrected chi connectivity index (χ3v) is 3.83. The first-order valence-electron chi connectivity index (χ1n) is 6.33. The van der Waals surface area contributed by atoms with Gasteiger partial charge in [-0.05, 0) is 37.3 Å². The van der Waals surface area contributed by atoms with Crippen LogP contribution in [0.3, 0.4) is 0 Å². The number of nitrogens with one attached hydrogen (secondary N) is 1. The van der Waals surface area contributed by atoms with Crippen LogP contribution in [0.5, 0.6) is 0 Å². The Kier molecular flexibility index (Phi) is 4.54. The zero-order chi connectivity index (χ0) is 14.7. The van der Waals surface area contributed by atoms with Crippen LogP contribution in [0.2, 0.25) is 0 Å². The molecule has 0 spiro atoms. The maximum absolute atomic E-state index is 13.0. The molecule has 7 heteroatoms. The molecule has 0 bridgehead atoms. The predicted molar refractivity (Wildman–Crippen MR) is 72.4 cm³/mol. The van der Waals surface area contributed by atoms with E-state index in [4.69, 9.17) is 11.6 Å². The minimum Gasteiger partial charge on any atom is -0.352 e. The van der Waals surface area contributed by atoms with Crippen LogP contribution in [0, 0.1) is 21.8 Å². The van der Waals surface area contributed by atoms with Gasteiger partial charge in [-0.15, -0.1) is 11.6 Å². The summed E-state index contributed by atoms with van der Waals surface area (Å²) in [4.78, 5) is 22.0. The molecule has 108 valence electrons. The molecule has 2 unspecified atom stereocenters. The highest BCUT2D eigenvalue weighted by Gasteiger charge is 2.25. The Hall–Kier alpha value is -1.69. The molecule has 0 radical (unpaired) electrons. The van der Waals surface area contributed by atoms with Crippen LogP contribution in [0.15, 0.2) is 18.2 Å². The molecule has 1 fully saturated rings. The number of rotatable bonds is 4. The predicted octanol–water partition coefficient (Wildman–Crippen LogP) is 2.87. The van der Waals surface area contributed by atoms with E-state index in [1.165, 1.54) is 0 Å². The van der Waals surface area contributed by atoms with Crippen molar-refractivity contribution in [3.63, 3.8) is 0 Å². The first kappa shape index (κ1) is 14.7. The molecule has 1 N–H and O–H groups in total. The molecule has 2 rings (SSSR count). The number of carbonyl (C=O) groups is 1. The number of benzene rings is 1. The highest BCUT2D eigenvalue weighted by atomic mass is 35.5. The molecule has 1 amide bonds. The average molecular weight is 301 g/mol. The van der Waals surface area contributed by atoms with Gasteiger partial charge in [0.05, 0.1) is 11.0 Å². The van der Waals surface area contributed by atoms with Crippen LogP contribution >= 0.6 is 11.6 Å². The molecule has 1 aliphatic rings. The number of hydrogen-bond donors (Lipinski definition) is 1. The van der Waals surface area contributed by atoms with Crippen molar-refractivity contribution in [2.45, 2.75) is 24.6 Å². The zero-order valence-corrected chi connectivity index (χ0v) is 11.4. The molecule has 0 aromatic heterocycles. The second kappa shape index (κ2) is 6.17. The van der Waals surface area contributed by atoms with Gasteiger partial charge in [0, 0.05) is 11.9 Å². The van der Waals surface area contributed by atoms with E-state index in [1.54, 1.807) is 0 Å². The van der Waals surface area contributed by atoms with Gasteiger partial charge < -0.3 is 5.32 Å². The van der Waals surface area contributed by atoms with E-state index in [0.29, 0.717) is 12.5 Å². The van der Waals surface area contributed by atoms with E-state index in [0.717, 1.165) is 37.5 Å². The molecule has 1 aromatic rings. The van der Waals surface area contributed by atoms with Crippen molar-refractivity contribution in [3.8, 4) is 0 Å². The lowest BCUT2D eigenvalue weighted by atomic mass is 10.1. The number of amides is 1. The van der Waals surface area contributed by atoms with Crippen molar-refractivity contribution >= 4 is 23.2 Å². The van der Waals surface area contributed by atoms with Crippen molar-refractivity contribution in [1.82, 2.24) is 5.32 Å². The van der Waals surface area contributed by atoms with Crippen LogP contribution < -0.4 is 5.32 Å². The molecule has 0 saturated heterocycles. The quantitative estimate of drug-likeness (QED) is 0.528. The van der Waals surface area contributed by atoms with Crippen molar-refractivity contribution < 1.29 is 14.1 Å². The standard InChI is InChI=1S/C13H14ClFN2O3/c14-9-2-1-8(5-9)7-16-13(18)11-4-3-10(15)6-12(11)17(19)20/h3-4,6,8-9H,1-2,5,7H2,(H,16,18). The van der Waals surface area contributed by atoms with Crippen LogP contribution in [-0.2, 0) is 0 Å². The molecule has 5 nitrogen and oxygen atoms in total. The maximum Gasteiger partial charge on any atom is 0.285 e. The van der Waals surface area contributed by atoms with Crippen molar-refractivity contribution in [3.05, 3.63) is 39.7 Å². The Morgan fingerprint density at radius 1 is 1.50 bits per heavy atom. The second-order valence-corrected chi connectivity index (χ2v) is 5.52. The number of alkyl halides is 1. The van der Waals surface area contributed by atoms with Gasteiger partial charge >= 0.3 is 0 Å². The Bertz CT molecular complexity index is 538. The SMILES string of the molecule is O=C(NCC1CCC(Cl)C1)c1ccc(F)cc1[N+](=O)[O-]. The lowest BCUT2D eigenvalue weighted by Crippen LogP contribution is -2.29. The van der Waals surface area contributed by atoms with Crippen LogP contribution in [0.1, 0.15) is 29.6 Å². The Morgan fingerprint density at radius 3 is 2.85 bits per heavy atom. The number of hydrogen-bond acceptors (Lipinski definition) is 3. The molecule has 20 heavy (non-hydrogen) atoms. The summed E-state index contributed by atoms with van der Waals surface area (Å²) >= 11 is 5.98.